The number of amides is 1. The summed E-state index contributed by atoms with van der Waals surface area (Å²) in [4.78, 5) is 23.6. The molecule has 1 saturated carbocycles. The van der Waals surface area contributed by atoms with Gasteiger partial charge >= 0.3 is 5.97 Å². The predicted molar refractivity (Wildman–Crippen MR) is 93.4 cm³/mol. The third-order valence-corrected chi connectivity index (χ3v) is 6.26. The Morgan fingerprint density at radius 1 is 1.28 bits per heavy atom. The van der Waals surface area contributed by atoms with Crippen LogP contribution in [0.4, 0.5) is 5.69 Å². The normalized spacial score (nSPS) is 19.5. The SMILES string of the molecule is CCN(CC)S(=O)(=O)c1cccc(NC(=O)COC(=O)[C@@H]2C[C@H]2C)c1. The number of esters is 1. The first kappa shape index (κ1) is 19.4. The minimum Gasteiger partial charge on any atom is -0.455 e. The van der Waals surface area contributed by atoms with Crippen LogP contribution in [0.3, 0.4) is 0 Å². The minimum atomic E-state index is -3.60. The molecule has 0 unspecified atom stereocenters. The fourth-order valence-corrected chi connectivity index (χ4v) is 4.04. The van der Waals surface area contributed by atoms with Crippen LogP contribution in [-0.4, -0.2) is 44.3 Å². The van der Waals surface area contributed by atoms with Gasteiger partial charge in [-0.3, -0.25) is 9.59 Å². The Morgan fingerprint density at radius 3 is 2.48 bits per heavy atom. The van der Waals surface area contributed by atoms with E-state index >= 15 is 0 Å². The van der Waals surface area contributed by atoms with Crippen LogP contribution in [0.5, 0.6) is 0 Å². The Balaban J connectivity index is 1.99. The Kier molecular flexibility index (Phi) is 6.18. The fourth-order valence-electron chi connectivity index (χ4n) is 2.54. The number of nitrogens with one attached hydrogen (secondary N) is 1. The van der Waals surface area contributed by atoms with Crippen LogP contribution in [0.1, 0.15) is 27.2 Å². The highest BCUT2D eigenvalue weighted by Gasteiger charge is 2.40. The number of hydrogen-bond acceptors (Lipinski definition) is 5. The zero-order valence-electron chi connectivity index (χ0n) is 14.7. The molecule has 0 aromatic heterocycles. The highest BCUT2D eigenvalue weighted by molar-refractivity contribution is 7.89. The summed E-state index contributed by atoms with van der Waals surface area (Å²) in [6, 6.07) is 6.03. The van der Waals surface area contributed by atoms with Gasteiger partial charge in [-0.1, -0.05) is 26.8 Å². The van der Waals surface area contributed by atoms with Crippen LogP contribution < -0.4 is 5.32 Å². The Labute approximate surface area is 148 Å². The van der Waals surface area contributed by atoms with Gasteiger partial charge in [0.05, 0.1) is 10.8 Å². The van der Waals surface area contributed by atoms with Crippen LogP contribution in [0.2, 0.25) is 0 Å². The smallest absolute Gasteiger partial charge is 0.309 e. The minimum absolute atomic E-state index is 0.102. The van der Waals surface area contributed by atoms with Crippen molar-refractivity contribution in [1.82, 2.24) is 4.31 Å². The molecule has 1 aromatic carbocycles. The number of carbonyl (C=O) groups is 2. The molecule has 7 nitrogen and oxygen atoms in total. The standard InChI is InChI=1S/C17H24N2O5S/c1-4-19(5-2)25(22,23)14-8-6-7-13(10-14)18-16(20)11-24-17(21)15-9-12(15)3/h6-8,10,12,15H,4-5,9,11H2,1-3H3,(H,18,20)/t12-,15-/m1/s1. The van der Waals surface area contributed by atoms with Crippen molar-refractivity contribution in [2.75, 3.05) is 25.0 Å². The molecular weight excluding hydrogens is 344 g/mol. The lowest BCUT2D eigenvalue weighted by molar-refractivity contribution is -0.148. The molecule has 25 heavy (non-hydrogen) atoms. The first-order chi connectivity index (χ1) is 11.8. The van der Waals surface area contributed by atoms with Crippen molar-refractivity contribution in [3.05, 3.63) is 24.3 Å². The van der Waals surface area contributed by atoms with E-state index in [0.29, 0.717) is 24.7 Å². The second-order valence-corrected chi connectivity index (χ2v) is 8.03. The molecule has 0 saturated heterocycles. The van der Waals surface area contributed by atoms with Crippen molar-refractivity contribution >= 4 is 27.6 Å². The maximum atomic E-state index is 12.5. The highest BCUT2D eigenvalue weighted by atomic mass is 32.2. The lowest BCUT2D eigenvalue weighted by Crippen LogP contribution is -2.30. The summed E-state index contributed by atoms with van der Waals surface area (Å²) in [7, 11) is -3.60. The molecule has 0 spiro atoms. The van der Waals surface area contributed by atoms with Gasteiger partial charge in [0.25, 0.3) is 5.91 Å². The largest absolute Gasteiger partial charge is 0.455 e. The summed E-state index contributed by atoms with van der Waals surface area (Å²) < 4.78 is 31.3. The Morgan fingerprint density at radius 2 is 1.92 bits per heavy atom. The van der Waals surface area contributed by atoms with Crippen molar-refractivity contribution in [3.63, 3.8) is 0 Å². The van der Waals surface area contributed by atoms with E-state index < -0.39 is 15.9 Å². The molecule has 2 atom stereocenters. The van der Waals surface area contributed by atoms with Gasteiger partial charge in [0, 0.05) is 18.8 Å². The molecule has 0 bridgehead atoms. The van der Waals surface area contributed by atoms with Crippen LogP contribution in [0, 0.1) is 11.8 Å². The second-order valence-electron chi connectivity index (χ2n) is 6.09. The summed E-state index contributed by atoms with van der Waals surface area (Å²) in [6.45, 7) is 5.84. The van der Waals surface area contributed by atoms with Crippen molar-refractivity contribution in [3.8, 4) is 0 Å². The monoisotopic (exact) mass is 368 g/mol. The number of anilines is 1. The maximum absolute atomic E-state index is 12.5. The zero-order chi connectivity index (χ0) is 18.6. The molecule has 1 N–H and O–H groups in total. The molecule has 138 valence electrons. The van der Waals surface area contributed by atoms with Gasteiger partial charge in [0.15, 0.2) is 6.61 Å². The van der Waals surface area contributed by atoms with Crippen LogP contribution in [0.25, 0.3) is 0 Å². The molecule has 0 aliphatic heterocycles. The Hall–Kier alpha value is -1.93. The second kappa shape index (κ2) is 7.97. The average Bonchev–Trinajstić information content (AvgIpc) is 3.30. The fraction of sp³-hybridized carbons (Fsp3) is 0.529. The van der Waals surface area contributed by atoms with Crippen molar-refractivity contribution in [2.45, 2.75) is 32.1 Å². The number of hydrogen-bond donors (Lipinski definition) is 1. The van der Waals surface area contributed by atoms with Crippen LogP contribution >= 0.6 is 0 Å². The zero-order valence-corrected chi connectivity index (χ0v) is 15.5. The highest BCUT2D eigenvalue weighted by Crippen LogP contribution is 2.38. The summed E-state index contributed by atoms with van der Waals surface area (Å²) >= 11 is 0. The number of benzene rings is 1. The van der Waals surface area contributed by atoms with Crippen LogP contribution in [-0.2, 0) is 24.3 Å². The van der Waals surface area contributed by atoms with Gasteiger partial charge in [-0.25, -0.2) is 8.42 Å². The molecule has 1 amide bonds. The van der Waals surface area contributed by atoms with E-state index in [1.807, 2.05) is 6.92 Å². The molecule has 1 aliphatic carbocycles. The van der Waals surface area contributed by atoms with Gasteiger partial charge < -0.3 is 10.1 Å². The van der Waals surface area contributed by atoms with E-state index in [-0.39, 0.29) is 23.4 Å². The number of ether oxygens (including phenoxy) is 1. The van der Waals surface area contributed by atoms with E-state index in [0.717, 1.165) is 6.42 Å². The van der Waals surface area contributed by atoms with Crippen molar-refractivity contribution in [1.29, 1.82) is 0 Å². The van der Waals surface area contributed by atoms with E-state index in [2.05, 4.69) is 5.32 Å². The molecule has 8 heteroatoms. The van der Waals surface area contributed by atoms with E-state index in [4.69, 9.17) is 4.74 Å². The lowest BCUT2D eigenvalue weighted by atomic mass is 10.3. The molecule has 2 rings (SSSR count). The number of sulfonamides is 1. The first-order valence-electron chi connectivity index (χ1n) is 8.36. The lowest BCUT2D eigenvalue weighted by Gasteiger charge is -2.18. The predicted octanol–water partition coefficient (Wildman–Crippen LogP) is 1.85. The maximum Gasteiger partial charge on any atom is 0.309 e. The van der Waals surface area contributed by atoms with Gasteiger partial charge in [0.2, 0.25) is 10.0 Å². The van der Waals surface area contributed by atoms with Gasteiger partial charge in [-0.05, 0) is 30.5 Å². The number of rotatable bonds is 8. The Bertz CT molecular complexity index is 743. The summed E-state index contributed by atoms with van der Waals surface area (Å²) in [5, 5.41) is 2.56. The molecule has 1 aliphatic rings. The molecule has 0 heterocycles. The van der Waals surface area contributed by atoms with Gasteiger partial charge in [-0.2, -0.15) is 4.31 Å². The number of carbonyl (C=O) groups excluding carboxylic acids is 2. The number of nitrogens with zero attached hydrogens (tertiary/aromatic N) is 1. The van der Waals surface area contributed by atoms with E-state index in [9.17, 15) is 18.0 Å². The third kappa shape index (κ3) is 4.79. The third-order valence-electron chi connectivity index (χ3n) is 4.22. The molecule has 1 aromatic rings. The summed E-state index contributed by atoms with van der Waals surface area (Å²) in [5.41, 5.74) is 0.342. The summed E-state index contributed by atoms with van der Waals surface area (Å²) in [5.74, 6) is -0.646. The van der Waals surface area contributed by atoms with Gasteiger partial charge in [-0.15, -0.1) is 0 Å². The van der Waals surface area contributed by atoms with Crippen molar-refractivity contribution < 1.29 is 22.7 Å². The molecule has 1 fully saturated rings. The topological polar surface area (TPSA) is 92.8 Å². The van der Waals surface area contributed by atoms with Gasteiger partial charge in [0.1, 0.15) is 0 Å². The van der Waals surface area contributed by atoms with Crippen molar-refractivity contribution in [2.24, 2.45) is 11.8 Å². The average molecular weight is 368 g/mol. The molecule has 0 radical (unpaired) electrons. The van der Waals surface area contributed by atoms with E-state index in [1.54, 1.807) is 26.0 Å². The first-order valence-corrected chi connectivity index (χ1v) is 9.80. The molecular formula is C17H24N2O5S. The van der Waals surface area contributed by atoms with E-state index in [1.165, 1.54) is 16.4 Å². The van der Waals surface area contributed by atoms with Crippen LogP contribution in [0.15, 0.2) is 29.2 Å². The quantitative estimate of drug-likeness (QED) is 0.707. The summed E-state index contributed by atoms with van der Waals surface area (Å²) in [6.07, 6.45) is 0.797.